The summed E-state index contributed by atoms with van der Waals surface area (Å²) in [7, 11) is 3.10. The van der Waals surface area contributed by atoms with Crippen molar-refractivity contribution in [2.75, 3.05) is 27.3 Å². The second kappa shape index (κ2) is 5.62. The highest BCUT2D eigenvalue weighted by Gasteiger charge is 2.09. The topological polar surface area (TPSA) is 91.3 Å². The molecule has 0 aromatic heterocycles. The van der Waals surface area contributed by atoms with E-state index in [1.165, 1.54) is 12.0 Å². The molecule has 0 saturated heterocycles. The van der Waals surface area contributed by atoms with Crippen LogP contribution in [0.3, 0.4) is 0 Å². The van der Waals surface area contributed by atoms with Crippen LogP contribution in [0.5, 0.6) is 0 Å². The van der Waals surface area contributed by atoms with Gasteiger partial charge in [-0.15, -0.1) is 0 Å². The SMILES string of the molecule is COCC(O)CN(C)C(N)=NO. The number of likely N-dealkylation sites (N-methyl/N-ethyl adjacent to an activating group) is 1. The van der Waals surface area contributed by atoms with Gasteiger partial charge < -0.3 is 25.7 Å². The summed E-state index contributed by atoms with van der Waals surface area (Å²) in [6, 6.07) is 0. The van der Waals surface area contributed by atoms with Crippen molar-refractivity contribution in [3.8, 4) is 0 Å². The van der Waals surface area contributed by atoms with Gasteiger partial charge in [0.1, 0.15) is 0 Å². The lowest BCUT2D eigenvalue weighted by Crippen LogP contribution is -2.40. The number of nitrogens with two attached hydrogens (primary N) is 1. The van der Waals surface area contributed by atoms with Crippen LogP contribution in [0.1, 0.15) is 0 Å². The number of hydrogen-bond acceptors (Lipinski definition) is 4. The number of aliphatic hydroxyl groups excluding tert-OH is 1. The molecule has 0 aromatic carbocycles. The van der Waals surface area contributed by atoms with Crippen molar-refractivity contribution in [2.45, 2.75) is 6.10 Å². The third kappa shape index (κ3) is 3.99. The van der Waals surface area contributed by atoms with Crippen LogP contribution in [0.4, 0.5) is 0 Å². The molecule has 0 amide bonds. The largest absolute Gasteiger partial charge is 0.408 e. The summed E-state index contributed by atoms with van der Waals surface area (Å²) in [6.45, 7) is 0.493. The zero-order valence-electron chi connectivity index (χ0n) is 7.27. The Labute approximate surface area is 71.2 Å². The van der Waals surface area contributed by atoms with E-state index in [4.69, 9.17) is 15.7 Å². The molecule has 6 heteroatoms. The van der Waals surface area contributed by atoms with Crippen molar-refractivity contribution in [1.29, 1.82) is 0 Å². The molecule has 0 saturated carbocycles. The van der Waals surface area contributed by atoms with Crippen LogP contribution in [-0.2, 0) is 4.74 Å². The minimum absolute atomic E-state index is 0.0369. The lowest BCUT2D eigenvalue weighted by molar-refractivity contribution is 0.0532. The van der Waals surface area contributed by atoms with Crippen LogP contribution < -0.4 is 5.73 Å². The molecule has 0 bridgehead atoms. The van der Waals surface area contributed by atoms with Crippen LogP contribution in [-0.4, -0.2) is 54.6 Å². The molecule has 72 valence electrons. The predicted molar refractivity (Wildman–Crippen MR) is 43.9 cm³/mol. The highest BCUT2D eigenvalue weighted by Crippen LogP contribution is 1.89. The molecule has 1 atom stereocenters. The Morgan fingerprint density at radius 2 is 2.33 bits per heavy atom. The highest BCUT2D eigenvalue weighted by atomic mass is 16.5. The number of methoxy groups -OCH3 is 1. The second-order valence-electron chi connectivity index (χ2n) is 2.45. The fraction of sp³-hybridized carbons (Fsp3) is 0.833. The lowest BCUT2D eigenvalue weighted by atomic mass is 10.3. The van der Waals surface area contributed by atoms with E-state index in [1.54, 1.807) is 7.05 Å². The van der Waals surface area contributed by atoms with Crippen molar-refractivity contribution in [3.05, 3.63) is 0 Å². The van der Waals surface area contributed by atoms with E-state index >= 15 is 0 Å². The Morgan fingerprint density at radius 3 is 2.75 bits per heavy atom. The molecule has 1 unspecified atom stereocenters. The molecule has 0 fully saturated rings. The van der Waals surface area contributed by atoms with Crippen LogP contribution in [0.15, 0.2) is 5.16 Å². The fourth-order valence-corrected chi connectivity index (χ4v) is 0.731. The molecule has 0 heterocycles. The van der Waals surface area contributed by atoms with Crippen LogP contribution in [0.2, 0.25) is 0 Å². The van der Waals surface area contributed by atoms with Crippen molar-refractivity contribution in [3.63, 3.8) is 0 Å². The molecule has 4 N–H and O–H groups in total. The molecule has 0 aliphatic carbocycles. The first-order valence-electron chi connectivity index (χ1n) is 3.47. The number of guanidine groups is 1. The fourth-order valence-electron chi connectivity index (χ4n) is 0.731. The Bertz CT molecular complexity index is 151. The van der Waals surface area contributed by atoms with Gasteiger partial charge in [-0.2, -0.15) is 0 Å². The zero-order valence-corrected chi connectivity index (χ0v) is 7.27. The average Bonchev–Trinajstić information content (AvgIpc) is 2.03. The van der Waals surface area contributed by atoms with Gasteiger partial charge in [-0.3, -0.25) is 0 Å². The van der Waals surface area contributed by atoms with Gasteiger partial charge in [0.05, 0.1) is 12.7 Å². The van der Waals surface area contributed by atoms with Gasteiger partial charge in [-0.05, 0) is 0 Å². The van der Waals surface area contributed by atoms with Crippen molar-refractivity contribution >= 4 is 5.96 Å². The summed E-state index contributed by atoms with van der Waals surface area (Å²) in [4.78, 5) is 1.42. The third-order valence-electron chi connectivity index (χ3n) is 1.34. The van der Waals surface area contributed by atoms with Gasteiger partial charge in [-0.25, -0.2) is 0 Å². The highest BCUT2D eigenvalue weighted by molar-refractivity contribution is 5.77. The van der Waals surface area contributed by atoms with E-state index in [2.05, 4.69) is 5.16 Å². The normalized spacial score (nSPS) is 14.4. The Morgan fingerprint density at radius 1 is 1.75 bits per heavy atom. The maximum Gasteiger partial charge on any atom is 0.233 e. The number of rotatable bonds is 4. The Balaban J connectivity index is 3.75. The Kier molecular flexibility index (Phi) is 5.14. The molecule has 0 radical (unpaired) electrons. The number of hydrogen-bond donors (Lipinski definition) is 3. The smallest absolute Gasteiger partial charge is 0.233 e. The zero-order chi connectivity index (χ0) is 9.56. The van der Waals surface area contributed by atoms with E-state index in [1.807, 2.05) is 0 Å². The Hall–Kier alpha value is -1.01. The molecular formula is C6H15N3O3. The number of ether oxygens (including phenoxy) is 1. The standard InChI is InChI=1S/C6H15N3O3/c1-9(6(7)8-11)3-5(10)4-12-2/h5,10-11H,3-4H2,1-2H3,(H2,7,8). The van der Waals surface area contributed by atoms with Crippen LogP contribution in [0, 0.1) is 0 Å². The molecule has 12 heavy (non-hydrogen) atoms. The van der Waals surface area contributed by atoms with Crippen LogP contribution >= 0.6 is 0 Å². The van der Waals surface area contributed by atoms with Crippen LogP contribution in [0.25, 0.3) is 0 Å². The van der Waals surface area contributed by atoms with E-state index in [0.717, 1.165) is 0 Å². The first-order chi connectivity index (χ1) is 5.61. The van der Waals surface area contributed by atoms with Gasteiger partial charge in [0.25, 0.3) is 0 Å². The summed E-state index contributed by atoms with van der Waals surface area (Å²) >= 11 is 0. The maximum absolute atomic E-state index is 9.21. The number of aliphatic hydroxyl groups is 1. The van der Waals surface area contributed by atoms with E-state index in [0.29, 0.717) is 0 Å². The van der Waals surface area contributed by atoms with E-state index < -0.39 is 6.10 Å². The summed E-state index contributed by atoms with van der Waals surface area (Å²) in [5, 5.41) is 20.2. The minimum atomic E-state index is -0.639. The van der Waals surface area contributed by atoms with Crippen molar-refractivity contribution in [1.82, 2.24) is 4.90 Å². The van der Waals surface area contributed by atoms with Gasteiger partial charge in [0, 0.05) is 20.7 Å². The van der Waals surface area contributed by atoms with Gasteiger partial charge in [0.2, 0.25) is 5.96 Å². The number of oxime groups is 1. The summed E-state index contributed by atoms with van der Waals surface area (Å²) in [5.74, 6) is -0.0369. The van der Waals surface area contributed by atoms with Gasteiger partial charge in [0.15, 0.2) is 0 Å². The average molecular weight is 177 g/mol. The maximum atomic E-state index is 9.21. The van der Waals surface area contributed by atoms with Gasteiger partial charge >= 0.3 is 0 Å². The molecule has 0 spiro atoms. The van der Waals surface area contributed by atoms with Gasteiger partial charge in [-0.1, -0.05) is 5.16 Å². The summed E-state index contributed by atoms with van der Waals surface area (Å²) in [6.07, 6.45) is -0.639. The monoisotopic (exact) mass is 177 g/mol. The molecule has 0 rings (SSSR count). The van der Waals surface area contributed by atoms with Crippen molar-refractivity contribution < 1.29 is 15.1 Å². The lowest BCUT2D eigenvalue weighted by Gasteiger charge is -2.19. The predicted octanol–water partition coefficient (Wildman–Crippen LogP) is -1.37. The minimum Gasteiger partial charge on any atom is -0.408 e. The molecule has 0 aromatic rings. The first kappa shape index (κ1) is 11.0. The third-order valence-corrected chi connectivity index (χ3v) is 1.34. The van der Waals surface area contributed by atoms with E-state index in [-0.39, 0.29) is 19.1 Å². The molecule has 0 aliphatic rings. The summed E-state index contributed by atoms with van der Waals surface area (Å²) in [5.41, 5.74) is 5.23. The molecule has 6 nitrogen and oxygen atoms in total. The second-order valence-corrected chi connectivity index (χ2v) is 2.45. The first-order valence-corrected chi connectivity index (χ1v) is 3.47. The molecular weight excluding hydrogens is 162 g/mol. The number of nitrogens with zero attached hydrogens (tertiary/aromatic N) is 2. The van der Waals surface area contributed by atoms with Crippen molar-refractivity contribution in [2.24, 2.45) is 10.9 Å². The van der Waals surface area contributed by atoms with E-state index in [9.17, 15) is 5.11 Å². The quantitative estimate of drug-likeness (QED) is 0.213. The summed E-state index contributed by atoms with van der Waals surface area (Å²) < 4.78 is 4.70. The molecule has 0 aliphatic heterocycles.